The minimum Gasteiger partial charge on any atom is -0.322 e. The maximum Gasteiger partial charge on any atom is 0.260 e. The minimum atomic E-state index is -3.73. The number of rotatable bonds is 7. The van der Waals surface area contributed by atoms with Crippen LogP contribution in [0.25, 0.3) is 21.1 Å². The van der Waals surface area contributed by atoms with Gasteiger partial charge in [-0.15, -0.1) is 0 Å². The SMILES string of the molecule is CCN(C(=O)c1cc(=O)[nH]c2ccc(S(=O)(=O)N(CC)CC)cc12)c1nc2ccccc2s1. The van der Waals surface area contributed by atoms with E-state index in [2.05, 4.69) is 9.97 Å². The summed E-state index contributed by atoms with van der Waals surface area (Å²) in [7, 11) is -3.73. The van der Waals surface area contributed by atoms with E-state index in [1.807, 2.05) is 31.2 Å². The summed E-state index contributed by atoms with van der Waals surface area (Å²) in [5, 5.41) is 0.886. The Kier molecular flexibility index (Phi) is 6.33. The van der Waals surface area contributed by atoms with Crippen molar-refractivity contribution in [2.45, 2.75) is 25.7 Å². The van der Waals surface area contributed by atoms with Crippen LogP contribution in [0.3, 0.4) is 0 Å². The third-order valence-corrected chi connectivity index (χ3v) is 8.57. The van der Waals surface area contributed by atoms with Crippen molar-refractivity contribution in [3.63, 3.8) is 0 Å². The van der Waals surface area contributed by atoms with Crippen LogP contribution in [0, 0.1) is 0 Å². The number of aromatic nitrogens is 2. The number of H-pyrrole nitrogens is 1. The second kappa shape index (κ2) is 9.05. The molecule has 2 aromatic heterocycles. The molecular formula is C23H24N4O4S2. The van der Waals surface area contributed by atoms with Gasteiger partial charge in [-0.3, -0.25) is 14.5 Å². The molecule has 0 fully saturated rings. The van der Waals surface area contributed by atoms with Crippen molar-refractivity contribution in [1.29, 1.82) is 0 Å². The Morgan fingerprint density at radius 2 is 1.76 bits per heavy atom. The van der Waals surface area contributed by atoms with Gasteiger partial charge in [-0.25, -0.2) is 13.4 Å². The number of thiazole rings is 1. The number of pyridine rings is 1. The van der Waals surface area contributed by atoms with Gasteiger partial charge in [-0.2, -0.15) is 4.31 Å². The van der Waals surface area contributed by atoms with Gasteiger partial charge in [0.1, 0.15) is 0 Å². The van der Waals surface area contributed by atoms with E-state index >= 15 is 0 Å². The van der Waals surface area contributed by atoms with Crippen LogP contribution in [0.15, 0.2) is 58.2 Å². The smallest absolute Gasteiger partial charge is 0.260 e. The van der Waals surface area contributed by atoms with Gasteiger partial charge in [-0.05, 0) is 37.3 Å². The first-order chi connectivity index (χ1) is 15.8. The number of hydrogen-bond acceptors (Lipinski definition) is 6. The summed E-state index contributed by atoms with van der Waals surface area (Å²) in [6, 6.07) is 13.2. The molecule has 33 heavy (non-hydrogen) atoms. The van der Waals surface area contributed by atoms with Crippen LogP contribution in [-0.2, 0) is 10.0 Å². The zero-order chi connectivity index (χ0) is 23.8. The third-order valence-electron chi connectivity index (χ3n) is 5.46. The predicted octanol–water partition coefficient (Wildman–Crippen LogP) is 3.84. The first-order valence-electron chi connectivity index (χ1n) is 10.6. The number of fused-ring (bicyclic) bond motifs is 2. The molecule has 0 aliphatic rings. The van der Waals surface area contributed by atoms with E-state index in [0.29, 0.717) is 35.7 Å². The van der Waals surface area contributed by atoms with Crippen molar-refractivity contribution in [3.8, 4) is 0 Å². The Balaban J connectivity index is 1.86. The maximum atomic E-state index is 13.6. The zero-order valence-corrected chi connectivity index (χ0v) is 20.2. The van der Waals surface area contributed by atoms with Crippen molar-refractivity contribution in [2.24, 2.45) is 0 Å². The average molecular weight is 485 g/mol. The minimum absolute atomic E-state index is 0.0721. The first kappa shape index (κ1) is 23.1. The van der Waals surface area contributed by atoms with Gasteiger partial charge in [-0.1, -0.05) is 37.3 Å². The highest BCUT2D eigenvalue weighted by molar-refractivity contribution is 7.89. The Morgan fingerprint density at radius 1 is 1.03 bits per heavy atom. The van der Waals surface area contributed by atoms with Crippen LogP contribution in [-0.4, -0.2) is 48.2 Å². The van der Waals surface area contributed by atoms with Gasteiger partial charge >= 0.3 is 0 Å². The molecule has 4 rings (SSSR count). The van der Waals surface area contributed by atoms with Gasteiger partial charge in [0.2, 0.25) is 15.6 Å². The van der Waals surface area contributed by atoms with E-state index < -0.39 is 21.5 Å². The van der Waals surface area contributed by atoms with Crippen LogP contribution in [0.4, 0.5) is 5.13 Å². The van der Waals surface area contributed by atoms with Crippen molar-refractivity contribution in [1.82, 2.24) is 14.3 Å². The lowest BCUT2D eigenvalue weighted by Gasteiger charge is -2.20. The number of carbonyl (C=O) groups excluding carboxylic acids is 1. The molecular weight excluding hydrogens is 460 g/mol. The molecule has 172 valence electrons. The summed E-state index contributed by atoms with van der Waals surface area (Å²) in [6.07, 6.45) is 0. The fourth-order valence-electron chi connectivity index (χ4n) is 3.77. The number of anilines is 1. The third kappa shape index (κ3) is 4.17. The molecule has 0 saturated carbocycles. The second-order valence-corrected chi connectivity index (χ2v) is 10.3. The fraction of sp³-hybridized carbons (Fsp3) is 0.261. The highest BCUT2D eigenvalue weighted by Gasteiger charge is 2.25. The van der Waals surface area contributed by atoms with Crippen LogP contribution in [0.2, 0.25) is 0 Å². The number of nitrogens with zero attached hydrogens (tertiary/aromatic N) is 3. The molecule has 0 atom stereocenters. The molecule has 0 spiro atoms. The van der Waals surface area contributed by atoms with Crippen LogP contribution in [0.5, 0.6) is 0 Å². The molecule has 4 aromatic rings. The van der Waals surface area contributed by atoms with Gasteiger partial charge in [0.25, 0.3) is 5.91 Å². The van der Waals surface area contributed by atoms with Gasteiger partial charge < -0.3 is 4.98 Å². The molecule has 8 nitrogen and oxygen atoms in total. The van der Waals surface area contributed by atoms with Crippen LogP contribution >= 0.6 is 11.3 Å². The molecule has 1 N–H and O–H groups in total. The monoisotopic (exact) mass is 484 g/mol. The summed E-state index contributed by atoms with van der Waals surface area (Å²) >= 11 is 1.39. The Bertz CT molecular complexity index is 1470. The Labute approximate surface area is 195 Å². The summed E-state index contributed by atoms with van der Waals surface area (Å²) in [4.78, 5) is 34.8. The molecule has 0 bridgehead atoms. The molecule has 0 aliphatic carbocycles. The molecule has 2 aromatic carbocycles. The molecule has 2 heterocycles. The van der Waals surface area contributed by atoms with E-state index in [9.17, 15) is 18.0 Å². The number of amides is 1. The Morgan fingerprint density at radius 3 is 2.42 bits per heavy atom. The quantitative estimate of drug-likeness (QED) is 0.429. The largest absolute Gasteiger partial charge is 0.322 e. The number of nitrogens with one attached hydrogen (secondary N) is 1. The average Bonchev–Trinajstić information content (AvgIpc) is 3.23. The second-order valence-electron chi connectivity index (χ2n) is 7.36. The van der Waals surface area contributed by atoms with Crippen LogP contribution < -0.4 is 10.5 Å². The van der Waals surface area contributed by atoms with Crippen LogP contribution in [0.1, 0.15) is 31.1 Å². The van der Waals surface area contributed by atoms with Crippen molar-refractivity contribution in [3.05, 3.63) is 64.4 Å². The normalized spacial score (nSPS) is 12.0. The summed E-state index contributed by atoms with van der Waals surface area (Å²) in [6.45, 7) is 6.36. The fourth-order valence-corrected chi connectivity index (χ4v) is 6.28. The molecule has 0 unspecified atom stereocenters. The number of sulfonamides is 1. The lowest BCUT2D eigenvalue weighted by molar-refractivity contribution is 0.0989. The molecule has 0 saturated heterocycles. The number of benzene rings is 2. The summed E-state index contributed by atoms with van der Waals surface area (Å²) < 4.78 is 28.4. The molecule has 0 radical (unpaired) electrons. The van der Waals surface area contributed by atoms with Gasteiger partial charge in [0.05, 0.1) is 20.7 Å². The van der Waals surface area contributed by atoms with E-state index in [1.54, 1.807) is 13.8 Å². The predicted molar refractivity (Wildman–Crippen MR) is 132 cm³/mol. The topological polar surface area (TPSA) is 103 Å². The standard InChI is InChI=1S/C23H24N4O4S2/c1-4-26(5-2)33(30,31)15-11-12-18-16(13-15)17(14-21(28)24-18)22(29)27(6-3)23-25-19-9-7-8-10-20(19)32-23/h7-14H,4-6H2,1-3H3,(H,24,28). The van der Waals surface area contributed by atoms with Crippen molar-refractivity contribution < 1.29 is 13.2 Å². The van der Waals surface area contributed by atoms with E-state index in [1.165, 1.54) is 44.8 Å². The summed E-state index contributed by atoms with van der Waals surface area (Å²) in [5.41, 5.74) is 0.869. The highest BCUT2D eigenvalue weighted by Crippen LogP contribution is 2.30. The number of para-hydroxylation sites is 1. The molecule has 10 heteroatoms. The lowest BCUT2D eigenvalue weighted by Crippen LogP contribution is -2.32. The number of hydrogen-bond donors (Lipinski definition) is 1. The van der Waals surface area contributed by atoms with Gasteiger partial charge in [0, 0.05) is 36.6 Å². The summed E-state index contributed by atoms with van der Waals surface area (Å²) in [5.74, 6) is -0.412. The van der Waals surface area contributed by atoms with Gasteiger partial charge in [0.15, 0.2) is 5.13 Å². The highest BCUT2D eigenvalue weighted by atomic mass is 32.2. The van der Waals surface area contributed by atoms with Crippen molar-refractivity contribution >= 4 is 53.5 Å². The van der Waals surface area contributed by atoms with E-state index in [-0.39, 0.29) is 10.5 Å². The molecule has 1 amide bonds. The first-order valence-corrected chi connectivity index (χ1v) is 12.9. The molecule has 0 aliphatic heterocycles. The number of aromatic amines is 1. The number of carbonyl (C=O) groups is 1. The van der Waals surface area contributed by atoms with E-state index in [0.717, 1.165) is 10.2 Å². The maximum absolute atomic E-state index is 13.6. The zero-order valence-electron chi connectivity index (χ0n) is 18.5. The van der Waals surface area contributed by atoms with Crippen molar-refractivity contribution in [2.75, 3.05) is 24.5 Å². The lowest BCUT2D eigenvalue weighted by atomic mass is 10.1. The van der Waals surface area contributed by atoms with E-state index in [4.69, 9.17) is 0 Å². The Hall–Kier alpha value is -3.08.